The second kappa shape index (κ2) is 7.82. The van der Waals surface area contributed by atoms with Gasteiger partial charge in [0, 0.05) is 20.9 Å². The van der Waals surface area contributed by atoms with E-state index in [1.165, 1.54) is 25.1 Å². The molecule has 1 rings (SSSR count). The van der Waals surface area contributed by atoms with Gasteiger partial charge in [0.2, 0.25) is 5.91 Å². The molecular formula is C12H18N2O6. The molecule has 0 saturated heterocycles. The number of nitrogens with one attached hydrogen (secondary N) is 1. The molecule has 1 aliphatic heterocycles. The standard InChI is InChI=1S/C10H14N2O4.C2H4O2/c1-4-16-5-7-9(14)8(11-6(2)13)10(15)12(7)3;1-2(3)4/h5,14H,4H2,1-3H3,(H,11,13);1H3,(H,3,4). The number of ether oxygens (including phenoxy) is 1. The summed E-state index contributed by atoms with van der Waals surface area (Å²) in [6.07, 6.45) is 1.28. The van der Waals surface area contributed by atoms with Crippen molar-refractivity contribution in [3.05, 3.63) is 23.4 Å². The number of aliphatic hydroxyl groups excluding tert-OH is 1. The maximum Gasteiger partial charge on any atom is 0.300 e. The van der Waals surface area contributed by atoms with Gasteiger partial charge in [0.25, 0.3) is 11.9 Å². The molecule has 8 heteroatoms. The molecule has 2 amide bonds. The Balaban J connectivity index is 0.000000796. The van der Waals surface area contributed by atoms with Crippen LogP contribution in [0, 0.1) is 0 Å². The predicted molar refractivity (Wildman–Crippen MR) is 69.3 cm³/mol. The molecule has 0 bridgehead atoms. The summed E-state index contributed by atoms with van der Waals surface area (Å²) in [6, 6.07) is 0. The van der Waals surface area contributed by atoms with Crippen LogP contribution in [0.25, 0.3) is 0 Å². The van der Waals surface area contributed by atoms with E-state index in [4.69, 9.17) is 14.6 Å². The lowest BCUT2D eigenvalue weighted by atomic mass is 10.3. The second-order valence-corrected chi connectivity index (χ2v) is 3.75. The fraction of sp³-hybridized carbons (Fsp3) is 0.417. The van der Waals surface area contributed by atoms with E-state index in [0.717, 1.165) is 6.92 Å². The highest BCUT2D eigenvalue weighted by atomic mass is 16.5. The Morgan fingerprint density at radius 1 is 1.40 bits per heavy atom. The van der Waals surface area contributed by atoms with Crippen LogP contribution < -0.4 is 5.32 Å². The lowest BCUT2D eigenvalue weighted by molar-refractivity contribution is -0.134. The number of hydrogen-bond donors (Lipinski definition) is 3. The molecule has 0 aromatic heterocycles. The Morgan fingerprint density at radius 3 is 2.30 bits per heavy atom. The number of hydrogen-bond acceptors (Lipinski definition) is 5. The fourth-order valence-electron chi connectivity index (χ4n) is 1.25. The zero-order valence-corrected chi connectivity index (χ0v) is 11.8. The number of carbonyl (C=O) groups excluding carboxylic acids is 2. The highest BCUT2D eigenvalue weighted by Gasteiger charge is 2.33. The first kappa shape index (κ1) is 17.5. The Labute approximate surface area is 116 Å². The minimum atomic E-state index is -0.833. The van der Waals surface area contributed by atoms with E-state index in [2.05, 4.69) is 5.32 Å². The Hall–Kier alpha value is -2.51. The lowest BCUT2D eigenvalue weighted by Crippen LogP contribution is -2.29. The third-order valence-electron chi connectivity index (χ3n) is 2.02. The molecule has 0 saturated carbocycles. The first-order valence-corrected chi connectivity index (χ1v) is 5.72. The average molecular weight is 286 g/mol. The maximum atomic E-state index is 11.6. The Bertz CT molecular complexity index is 463. The van der Waals surface area contributed by atoms with Crippen LogP contribution in [0.3, 0.4) is 0 Å². The number of rotatable bonds is 3. The summed E-state index contributed by atoms with van der Waals surface area (Å²) in [5, 5.41) is 19.4. The SMILES string of the molecule is CC(=O)O.CCOC=C1C(O)=C(NC(C)=O)C(=O)N1C. The van der Waals surface area contributed by atoms with Gasteiger partial charge in [-0.3, -0.25) is 14.4 Å². The van der Waals surface area contributed by atoms with Crippen LogP contribution in [0.2, 0.25) is 0 Å². The first-order chi connectivity index (χ1) is 9.22. The molecule has 3 N–H and O–H groups in total. The molecule has 112 valence electrons. The molecule has 0 radical (unpaired) electrons. The Morgan fingerprint density at radius 2 is 1.90 bits per heavy atom. The topological polar surface area (TPSA) is 116 Å². The molecule has 0 spiro atoms. The van der Waals surface area contributed by atoms with Crippen LogP contribution in [0.1, 0.15) is 20.8 Å². The molecular weight excluding hydrogens is 268 g/mol. The van der Waals surface area contributed by atoms with Crippen LogP contribution in [-0.4, -0.2) is 46.6 Å². The number of carbonyl (C=O) groups is 3. The van der Waals surface area contributed by atoms with E-state index in [1.807, 2.05) is 0 Å². The summed E-state index contributed by atoms with van der Waals surface area (Å²) in [5.41, 5.74) is 0.108. The monoisotopic (exact) mass is 286 g/mol. The van der Waals surface area contributed by atoms with Gasteiger partial charge in [-0.15, -0.1) is 0 Å². The maximum absolute atomic E-state index is 11.6. The van der Waals surface area contributed by atoms with Crippen LogP contribution in [0.15, 0.2) is 23.4 Å². The van der Waals surface area contributed by atoms with Gasteiger partial charge in [-0.2, -0.15) is 0 Å². The molecule has 0 unspecified atom stereocenters. The van der Waals surface area contributed by atoms with E-state index in [9.17, 15) is 14.7 Å². The van der Waals surface area contributed by atoms with Crippen LogP contribution >= 0.6 is 0 Å². The Kier molecular flexibility index (Phi) is 6.84. The van der Waals surface area contributed by atoms with E-state index < -0.39 is 17.8 Å². The van der Waals surface area contributed by atoms with Crippen LogP contribution in [0.4, 0.5) is 0 Å². The molecule has 0 atom stereocenters. The third kappa shape index (κ3) is 5.01. The van der Waals surface area contributed by atoms with Crippen molar-refractivity contribution < 1.29 is 29.3 Å². The zero-order chi connectivity index (χ0) is 15.9. The first-order valence-electron chi connectivity index (χ1n) is 5.72. The minimum absolute atomic E-state index is 0.124. The van der Waals surface area contributed by atoms with Gasteiger partial charge in [-0.1, -0.05) is 0 Å². The second-order valence-electron chi connectivity index (χ2n) is 3.75. The molecule has 20 heavy (non-hydrogen) atoms. The fourth-order valence-corrected chi connectivity index (χ4v) is 1.25. The van der Waals surface area contributed by atoms with Crippen LogP contribution in [0.5, 0.6) is 0 Å². The summed E-state index contributed by atoms with van der Waals surface area (Å²) in [7, 11) is 1.48. The van der Waals surface area contributed by atoms with E-state index in [0.29, 0.717) is 6.61 Å². The molecule has 0 aromatic rings. The van der Waals surface area contributed by atoms with Gasteiger partial charge in [0.1, 0.15) is 12.0 Å². The molecule has 1 aliphatic rings. The summed E-state index contributed by atoms with van der Waals surface area (Å²) in [5.74, 6) is -2.00. The predicted octanol–water partition coefficient (Wildman–Crippen LogP) is 0.333. The summed E-state index contributed by atoms with van der Waals surface area (Å²) in [4.78, 5) is 32.7. The van der Waals surface area contributed by atoms with Gasteiger partial charge in [0.05, 0.1) is 6.61 Å². The average Bonchev–Trinajstić information content (AvgIpc) is 2.51. The van der Waals surface area contributed by atoms with Gasteiger partial charge < -0.3 is 25.2 Å². The van der Waals surface area contributed by atoms with E-state index in [1.54, 1.807) is 6.92 Å². The molecule has 0 aromatic carbocycles. The highest BCUT2D eigenvalue weighted by molar-refractivity contribution is 6.02. The summed E-state index contributed by atoms with van der Waals surface area (Å²) < 4.78 is 5.00. The lowest BCUT2D eigenvalue weighted by Gasteiger charge is -2.10. The van der Waals surface area contributed by atoms with Gasteiger partial charge in [-0.05, 0) is 6.92 Å². The number of amides is 2. The molecule has 8 nitrogen and oxygen atoms in total. The number of carboxylic acids is 1. The highest BCUT2D eigenvalue weighted by Crippen LogP contribution is 2.24. The number of likely N-dealkylation sites (N-methyl/N-ethyl adjacent to an activating group) is 1. The van der Waals surface area contributed by atoms with Crippen molar-refractivity contribution in [1.82, 2.24) is 10.2 Å². The van der Waals surface area contributed by atoms with Crippen molar-refractivity contribution in [1.29, 1.82) is 0 Å². The normalized spacial score (nSPS) is 15.9. The summed E-state index contributed by atoms with van der Waals surface area (Å²) in [6.45, 7) is 4.55. The van der Waals surface area contributed by atoms with E-state index in [-0.39, 0.29) is 17.2 Å². The quantitative estimate of drug-likeness (QED) is 0.644. The zero-order valence-electron chi connectivity index (χ0n) is 11.8. The smallest absolute Gasteiger partial charge is 0.300 e. The largest absolute Gasteiger partial charge is 0.504 e. The molecule has 1 heterocycles. The number of nitrogens with zero attached hydrogens (tertiary/aromatic N) is 1. The summed E-state index contributed by atoms with van der Waals surface area (Å²) >= 11 is 0. The van der Waals surface area contributed by atoms with Crippen molar-refractivity contribution in [3.63, 3.8) is 0 Å². The van der Waals surface area contributed by atoms with Gasteiger partial charge >= 0.3 is 0 Å². The van der Waals surface area contributed by atoms with Crippen molar-refractivity contribution in [2.75, 3.05) is 13.7 Å². The van der Waals surface area contributed by atoms with Crippen LogP contribution in [-0.2, 0) is 19.1 Å². The number of carboxylic acid groups (broad SMARTS) is 1. The van der Waals surface area contributed by atoms with Crippen molar-refractivity contribution in [2.24, 2.45) is 0 Å². The molecule has 0 aliphatic carbocycles. The van der Waals surface area contributed by atoms with E-state index >= 15 is 0 Å². The van der Waals surface area contributed by atoms with Gasteiger partial charge in [0.15, 0.2) is 11.5 Å². The van der Waals surface area contributed by atoms with Crippen molar-refractivity contribution in [2.45, 2.75) is 20.8 Å². The van der Waals surface area contributed by atoms with Crippen molar-refractivity contribution in [3.8, 4) is 0 Å². The van der Waals surface area contributed by atoms with Crippen molar-refractivity contribution >= 4 is 17.8 Å². The third-order valence-corrected chi connectivity index (χ3v) is 2.02. The number of aliphatic hydroxyl groups is 1. The molecule has 0 fully saturated rings. The van der Waals surface area contributed by atoms with Gasteiger partial charge in [-0.25, -0.2) is 0 Å². The number of aliphatic carboxylic acids is 1. The minimum Gasteiger partial charge on any atom is -0.504 e.